The van der Waals surface area contributed by atoms with Gasteiger partial charge in [0.2, 0.25) is 5.91 Å². The predicted octanol–water partition coefficient (Wildman–Crippen LogP) is 1.86. The van der Waals surface area contributed by atoms with Crippen molar-refractivity contribution in [2.45, 2.75) is 51.1 Å². The molecule has 100 valence electrons. The van der Waals surface area contributed by atoms with E-state index in [9.17, 15) is 4.79 Å². The van der Waals surface area contributed by atoms with Gasteiger partial charge in [-0.3, -0.25) is 4.79 Å². The van der Waals surface area contributed by atoms with Crippen LogP contribution in [-0.4, -0.2) is 24.5 Å². The molecule has 1 saturated carbocycles. The predicted molar refractivity (Wildman–Crippen MR) is 70.3 cm³/mol. The minimum atomic E-state index is -0.138. The van der Waals surface area contributed by atoms with E-state index in [1.165, 1.54) is 12.8 Å². The molecule has 2 N–H and O–H groups in total. The van der Waals surface area contributed by atoms with Crippen LogP contribution in [0.4, 0.5) is 0 Å². The van der Waals surface area contributed by atoms with Gasteiger partial charge in [-0.2, -0.15) is 0 Å². The molecule has 0 aromatic carbocycles. The molecular formula is C14H22N2O2. The molecule has 18 heavy (non-hydrogen) atoms. The van der Waals surface area contributed by atoms with Crippen molar-refractivity contribution < 1.29 is 9.21 Å². The van der Waals surface area contributed by atoms with E-state index in [2.05, 4.69) is 10.6 Å². The highest BCUT2D eigenvalue weighted by Crippen LogP contribution is 2.17. The van der Waals surface area contributed by atoms with Gasteiger partial charge in [0.05, 0.1) is 12.3 Å². The molecule has 0 bridgehead atoms. The lowest BCUT2D eigenvalue weighted by molar-refractivity contribution is -0.123. The number of carbonyl (C=O) groups is 1. The largest absolute Gasteiger partial charge is 0.469 e. The van der Waals surface area contributed by atoms with Crippen molar-refractivity contribution in [3.8, 4) is 0 Å². The van der Waals surface area contributed by atoms with Gasteiger partial charge in [0, 0.05) is 19.0 Å². The normalized spacial score (nSPS) is 17.8. The Kier molecular flexibility index (Phi) is 4.81. The average Bonchev–Trinajstić information content (AvgIpc) is 3.01. The summed E-state index contributed by atoms with van der Waals surface area (Å²) in [5.74, 6) is 1.06. The van der Waals surface area contributed by atoms with E-state index in [0.29, 0.717) is 6.04 Å². The summed E-state index contributed by atoms with van der Waals surface area (Å²) in [5, 5.41) is 6.32. The number of nitrogens with one attached hydrogen (secondary N) is 2. The lowest BCUT2D eigenvalue weighted by Crippen LogP contribution is -2.46. The Balaban J connectivity index is 1.63. The van der Waals surface area contributed by atoms with Crippen molar-refractivity contribution in [3.05, 3.63) is 24.2 Å². The molecule has 1 fully saturated rings. The van der Waals surface area contributed by atoms with Gasteiger partial charge in [-0.15, -0.1) is 0 Å². The average molecular weight is 250 g/mol. The Morgan fingerprint density at radius 1 is 1.50 bits per heavy atom. The Morgan fingerprint density at radius 2 is 2.28 bits per heavy atom. The van der Waals surface area contributed by atoms with Crippen molar-refractivity contribution in [3.63, 3.8) is 0 Å². The number of carbonyl (C=O) groups excluding carboxylic acids is 1. The van der Waals surface area contributed by atoms with Crippen molar-refractivity contribution in [1.82, 2.24) is 10.6 Å². The molecule has 4 nitrogen and oxygen atoms in total. The third-order valence-corrected chi connectivity index (χ3v) is 3.50. The summed E-state index contributed by atoms with van der Waals surface area (Å²) in [4.78, 5) is 11.9. The highest BCUT2D eigenvalue weighted by molar-refractivity contribution is 5.81. The fourth-order valence-electron chi connectivity index (χ4n) is 2.36. The molecule has 0 spiro atoms. The summed E-state index contributed by atoms with van der Waals surface area (Å²) >= 11 is 0. The molecule has 1 aliphatic carbocycles. The van der Waals surface area contributed by atoms with Crippen LogP contribution in [0.15, 0.2) is 22.8 Å². The first-order valence-electron chi connectivity index (χ1n) is 6.82. The Labute approximate surface area is 108 Å². The van der Waals surface area contributed by atoms with Gasteiger partial charge in [-0.1, -0.05) is 12.8 Å². The number of hydrogen-bond donors (Lipinski definition) is 2. The maximum atomic E-state index is 11.9. The number of amides is 1. The van der Waals surface area contributed by atoms with E-state index in [1.807, 2.05) is 19.1 Å². The molecule has 0 saturated heterocycles. The highest BCUT2D eigenvalue weighted by atomic mass is 16.3. The number of furan rings is 1. The van der Waals surface area contributed by atoms with Gasteiger partial charge in [-0.25, -0.2) is 0 Å². The smallest absolute Gasteiger partial charge is 0.237 e. The monoisotopic (exact) mass is 250 g/mol. The lowest BCUT2D eigenvalue weighted by atomic mass is 10.2. The van der Waals surface area contributed by atoms with Crippen LogP contribution in [0.1, 0.15) is 38.4 Å². The highest BCUT2D eigenvalue weighted by Gasteiger charge is 2.20. The molecule has 2 rings (SSSR count). The molecule has 1 heterocycles. The third kappa shape index (κ3) is 3.88. The molecule has 0 aliphatic heterocycles. The van der Waals surface area contributed by atoms with Crippen LogP contribution in [-0.2, 0) is 11.2 Å². The topological polar surface area (TPSA) is 54.3 Å². The molecule has 4 heteroatoms. The van der Waals surface area contributed by atoms with Crippen molar-refractivity contribution >= 4 is 5.91 Å². The fraction of sp³-hybridized carbons (Fsp3) is 0.643. The minimum absolute atomic E-state index is 0.112. The SMILES string of the molecule is CC(NCCc1ccco1)C(=O)NC1CCCC1. The Hall–Kier alpha value is -1.29. The van der Waals surface area contributed by atoms with E-state index in [1.54, 1.807) is 6.26 Å². The van der Waals surface area contributed by atoms with Crippen LogP contribution >= 0.6 is 0 Å². The number of hydrogen-bond acceptors (Lipinski definition) is 3. The van der Waals surface area contributed by atoms with Crippen LogP contribution in [0.3, 0.4) is 0 Å². The molecule has 1 aliphatic rings. The first-order valence-corrected chi connectivity index (χ1v) is 6.82. The molecular weight excluding hydrogens is 228 g/mol. The first-order chi connectivity index (χ1) is 8.75. The van der Waals surface area contributed by atoms with Crippen molar-refractivity contribution in [2.24, 2.45) is 0 Å². The van der Waals surface area contributed by atoms with Gasteiger partial charge in [0.15, 0.2) is 0 Å². The Bertz CT molecular complexity index is 356. The molecule has 1 atom stereocenters. The maximum Gasteiger partial charge on any atom is 0.237 e. The summed E-state index contributed by atoms with van der Waals surface area (Å²) in [5.41, 5.74) is 0. The van der Waals surface area contributed by atoms with E-state index in [4.69, 9.17) is 4.42 Å². The Morgan fingerprint density at radius 3 is 2.94 bits per heavy atom. The van der Waals surface area contributed by atoms with E-state index in [-0.39, 0.29) is 11.9 Å². The minimum Gasteiger partial charge on any atom is -0.469 e. The maximum absolute atomic E-state index is 11.9. The summed E-state index contributed by atoms with van der Waals surface area (Å²) < 4.78 is 5.24. The second-order valence-electron chi connectivity index (χ2n) is 5.00. The van der Waals surface area contributed by atoms with Crippen molar-refractivity contribution in [2.75, 3.05) is 6.54 Å². The zero-order chi connectivity index (χ0) is 12.8. The quantitative estimate of drug-likeness (QED) is 0.810. The van der Waals surface area contributed by atoms with Gasteiger partial charge >= 0.3 is 0 Å². The van der Waals surface area contributed by atoms with Crippen LogP contribution in [0.25, 0.3) is 0 Å². The van der Waals surface area contributed by atoms with Gasteiger partial charge in [0.1, 0.15) is 5.76 Å². The van der Waals surface area contributed by atoms with E-state index in [0.717, 1.165) is 31.6 Å². The summed E-state index contributed by atoms with van der Waals surface area (Å²) in [6, 6.07) is 4.09. The fourth-order valence-corrected chi connectivity index (χ4v) is 2.36. The van der Waals surface area contributed by atoms with Gasteiger partial charge in [-0.05, 0) is 31.9 Å². The van der Waals surface area contributed by atoms with Crippen LogP contribution in [0, 0.1) is 0 Å². The molecule has 1 aromatic rings. The first kappa shape index (κ1) is 13.1. The zero-order valence-corrected chi connectivity index (χ0v) is 10.9. The summed E-state index contributed by atoms with van der Waals surface area (Å²) in [7, 11) is 0. The van der Waals surface area contributed by atoms with Crippen LogP contribution in [0.2, 0.25) is 0 Å². The second kappa shape index (κ2) is 6.59. The summed E-state index contributed by atoms with van der Waals surface area (Å²) in [6.45, 7) is 2.67. The van der Waals surface area contributed by atoms with E-state index < -0.39 is 0 Å². The standard InChI is InChI=1S/C14H22N2O2/c1-11(14(17)16-12-5-2-3-6-12)15-9-8-13-7-4-10-18-13/h4,7,10-12,15H,2-3,5-6,8-9H2,1H3,(H,16,17). The molecule has 1 aromatic heterocycles. The second-order valence-corrected chi connectivity index (χ2v) is 5.00. The van der Waals surface area contributed by atoms with Crippen LogP contribution in [0.5, 0.6) is 0 Å². The zero-order valence-electron chi connectivity index (χ0n) is 10.9. The van der Waals surface area contributed by atoms with Crippen LogP contribution < -0.4 is 10.6 Å². The van der Waals surface area contributed by atoms with Gasteiger partial charge < -0.3 is 15.1 Å². The number of rotatable bonds is 6. The molecule has 1 unspecified atom stereocenters. The summed E-state index contributed by atoms with van der Waals surface area (Å²) in [6.07, 6.45) is 7.23. The lowest BCUT2D eigenvalue weighted by Gasteiger charge is -2.17. The molecule has 1 amide bonds. The van der Waals surface area contributed by atoms with E-state index >= 15 is 0 Å². The van der Waals surface area contributed by atoms with Crippen molar-refractivity contribution in [1.29, 1.82) is 0 Å². The van der Waals surface area contributed by atoms with Gasteiger partial charge in [0.25, 0.3) is 0 Å². The molecule has 0 radical (unpaired) electrons. The third-order valence-electron chi connectivity index (χ3n) is 3.50.